The summed E-state index contributed by atoms with van der Waals surface area (Å²) in [5.74, 6) is 0.272. The van der Waals surface area contributed by atoms with Crippen LogP contribution in [-0.2, 0) is 16.0 Å². The topological polar surface area (TPSA) is 55.8 Å². The lowest BCUT2D eigenvalue weighted by Gasteiger charge is -2.14. The van der Waals surface area contributed by atoms with E-state index in [-0.39, 0.29) is 0 Å². The van der Waals surface area contributed by atoms with Gasteiger partial charge >= 0.3 is 5.97 Å². The van der Waals surface area contributed by atoms with Gasteiger partial charge in [0.2, 0.25) is 0 Å². The minimum atomic E-state index is -0.951. The van der Waals surface area contributed by atoms with Crippen LogP contribution in [0.1, 0.15) is 35.4 Å². The summed E-state index contributed by atoms with van der Waals surface area (Å²) in [7, 11) is 1.41. The second kappa shape index (κ2) is 9.14. The number of carbonyl (C=O) groups is 1. The van der Waals surface area contributed by atoms with E-state index in [9.17, 15) is 4.79 Å². The molecule has 1 atom stereocenters. The van der Waals surface area contributed by atoms with Gasteiger partial charge < -0.3 is 14.6 Å². The van der Waals surface area contributed by atoms with E-state index in [1.807, 2.05) is 24.3 Å². The van der Waals surface area contributed by atoms with Crippen LogP contribution < -0.4 is 4.74 Å². The summed E-state index contributed by atoms with van der Waals surface area (Å²) in [5, 5.41) is 9.10. The first kappa shape index (κ1) is 20.2. The van der Waals surface area contributed by atoms with Crippen LogP contribution in [0.5, 0.6) is 5.75 Å². The summed E-state index contributed by atoms with van der Waals surface area (Å²) in [6.45, 7) is 0.649. The van der Waals surface area contributed by atoms with Crippen molar-refractivity contribution in [1.82, 2.24) is 0 Å². The molecule has 0 saturated carbocycles. The molecule has 0 heterocycles. The zero-order chi connectivity index (χ0) is 20.9. The van der Waals surface area contributed by atoms with Gasteiger partial charge in [0.15, 0.2) is 6.10 Å². The van der Waals surface area contributed by atoms with E-state index < -0.39 is 12.1 Å². The van der Waals surface area contributed by atoms with Crippen LogP contribution in [0, 0.1) is 0 Å². The van der Waals surface area contributed by atoms with Gasteiger partial charge in [0.05, 0.1) is 6.61 Å². The van der Waals surface area contributed by atoms with Crippen LogP contribution in [0.2, 0.25) is 0 Å². The molecule has 4 heteroatoms. The lowest BCUT2D eigenvalue weighted by Crippen LogP contribution is -2.24. The first-order chi connectivity index (χ1) is 14.7. The third kappa shape index (κ3) is 4.24. The smallest absolute Gasteiger partial charge is 0.333 e. The number of methoxy groups -OCH3 is 1. The van der Waals surface area contributed by atoms with E-state index in [2.05, 4.69) is 48.5 Å². The van der Waals surface area contributed by atoms with Gasteiger partial charge in [-0.25, -0.2) is 4.79 Å². The zero-order valence-corrected chi connectivity index (χ0v) is 17.1. The van der Waals surface area contributed by atoms with Gasteiger partial charge in [-0.15, -0.1) is 0 Å². The van der Waals surface area contributed by atoms with Crippen LogP contribution in [0.4, 0.5) is 0 Å². The molecule has 0 saturated heterocycles. The van der Waals surface area contributed by atoms with Crippen LogP contribution in [-0.4, -0.2) is 30.9 Å². The second-order valence-electron chi connectivity index (χ2n) is 7.63. The summed E-state index contributed by atoms with van der Waals surface area (Å²) >= 11 is 0. The molecule has 3 aromatic rings. The van der Waals surface area contributed by atoms with E-state index >= 15 is 0 Å². The fraction of sp³-hybridized carbons (Fsp3) is 0.269. The van der Waals surface area contributed by atoms with Crippen molar-refractivity contribution in [2.24, 2.45) is 0 Å². The zero-order valence-electron chi connectivity index (χ0n) is 17.1. The number of hydrogen-bond acceptors (Lipinski definition) is 3. The standard InChI is InChI=1S/C26H26O4/c1-29-25(26(27)28)17-18-12-14-19(15-13-18)30-16-6-11-24-22-9-4-2-7-20(22)21-8-3-5-10-23(21)24/h2-5,7-10,12-15,24-25H,6,11,16-17H2,1H3,(H,27,28). The summed E-state index contributed by atoms with van der Waals surface area (Å²) in [4.78, 5) is 11.1. The van der Waals surface area contributed by atoms with Crippen LogP contribution in [0.15, 0.2) is 72.8 Å². The Morgan fingerprint density at radius 3 is 2.10 bits per heavy atom. The Morgan fingerprint density at radius 1 is 0.933 bits per heavy atom. The quantitative estimate of drug-likeness (QED) is 0.494. The van der Waals surface area contributed by atoms with Crippen molar-refractivity contribution in [3.63, 3.8) is 0 Å². The van der Waals surface area contributed by atoms with Crippen molar-refractivity contribution in [2.45, 2.75) is 31.3 Å². The molecule has 4 nitrogen and oxygen atoms in total. The van der Waals surface area contributed by atoms with E-state index in [4.69, 9.17) is 14.6 Å². The maximum absolute atomic E-state index is 11.1. The van der Waals surface area contributed by atoms with Gasteiger partial charge in [-0.1, -0.05) is 60.7 Å². The average Bonchev–Trinajstić information content (AvgIpc) is 3.09. The fourth-order valence-corrected chi connectivity index (χ4v) is 4.26. The van der Waals surface area contributed by atoms with Crippen molar-refractivity contribution in [3.8, 4) is 16.9 Å². The summed E-state index contributed by atoms with van der Waals surface area (Å²) < 4.78 is 10.9. The van der Waals surface area contributed by atoms with Crippen molar-refractivity contribution < 1.29 is 19.4 Å². The Hall–Kier alpha value is -3.11. The largest absolute Gasteiger partial charge is 0.494 e. The number of aliphatic carboxylic acids is 1. The molecule has 1 unspecified atom stereocenters. The Balaban J connectivity index is 1.32. The summed E-state index contributed by atoms with van der Waals surface area (Å²) in [5.41, 5.74) is 6.44. The van der Waals surface area contributed by atoms with Gasteiger partial charge in [-0.3, -0.25) is 0 Å². The lowest BCUT2D eigenvalue weighted by atomic mass is 9.92. The molecule has 154 valence electrons. The first-order valence-electron chi connectivity index (χ1n) is 10.3. The van der Waals surface area contributed by atoms with Crippen LogP contribution in [0.3, 0.4) is 0 Å². The third-order valence-electron chi connectivity index (χ3n) is 5.77. The predicted molar refractivity (Wildman–Crippen MR) is 117 cm³/mol. The van der Waals surface area contributed by atoms with Gasteiger partial charge in [0.25, 0.3) is 0 Å². The van der Waals surface area contributed by atoms with Gasteiger partial charge in [-0.05, 0) is 52.8 Å². The molecule has 0 fully saturated rings. The van der Waals surface area contributed by atoms with Crippen LogP contribution >= 0.6 is 0 Å². The molecule has 0 aliphatic heterocycles. The summed E-state index contributed by atoms with van der Waals surface area (Å²) in [6.07, 6.45) is 1.51. The third-order valence-corrected chi connectivity index (χ3v) is 5.77. The number of carboxylic acid groups (broad SMARTS) is 1. The number of hydrogen-bond donors (Lipinski definition) is 1. The van der Waals surface area contributed by atoms with Crippen molar-refractivity contribution >= 4 is 5.97 Å². The normalized spacial score (nSPS) is 13.5. The Bertz CT molecular complexity index is 964. The highest BCUT2D eigenvalue weighted by molar-refractivity contribution is 5.78. The number of carboxylic acids is 1. The maximum Gasteiger partial charge on any atom is 0.333 e. The number of fused-ring (bicyclic) bond motifs is 3. The SMILES string of the molecule is COC(Cc1ccc(OCCCC2c3ccccc3-c3ccccc32)cc1)C(=O)O. The van der Waals surface area contributed by atoms with Crippen molar-refractivity contribution in [1.29, 1.82) is 0 Å². The molecule has 0 amide bonds. The van der Waals surface area contributed by atoms with Gasteiger partial charge in [0, 0.05) is 19.4 Å². The number of rotatable bonds is 9. The van der Waals surface area contributed by atoms with Crippen molar-refractivity contribution in [3.05, 3.63) is 89.5 Å². The minimum absolute atomic E-state index is 0.340. The first-order valence-corrected chi connectivity index (χ1v) is 10.3. The van der Waals surface area contributed by atoms with Gasteiger partial charge in [-0.2, -0.15) is 0 Å². The summed E-state index contributed by atoms with van der Waals surface area (Å²) in [6, 6.07) is 24.9. The Morgan fingerprint density at radius 2 is 1.53 bits per heavy atom. The molecular weight excluding hydrogens is 376 g/mol. The molecule has 0 spiro atoms. The van der Waals surface area contributed by atoms with Gasteiger partial charge in [0.1, 0.15) is 5.75 Å². The fourth-order valence-electron chi connectivity index (χ4n) is 4.26. The molecule has 3 aromatic carbocycles. The molecule has 0 bridgehead atoms. The highest BCUT2D eigenvalue weighted by atomic mass is 16.5. The van der Waals surface area contributed by atoms with Crippen LogP contribution in [0.25, 0.3) is 11.1 Å². The molecule has 1 aliphatic rings. The molecule has 1 N–H and O–H groups in total. The highest BCUT2D eigenvalue weighted by Crippen LogP contribution is 2.46. The Kier molecular flexibility index (Phi) is 6.15. The minimum Gasteiger partial charge on any atom is -0.494 e. The highest BCUT2D eigenvalue weighted by Gasteiger charge is 2.27. The second-order valence-corrected chi connectivity index (χ2v) is 7.63. The molecule has 0 radical (unpaired) electrons. The average molecular weight is 402 g/mol. The van der Waals surface area contributed by atoms with E-state index in [0.717, 1.165) is 24.2 Å². The van der Waals surface area contributed by atoms with Crippen molar-refractivity contribution in [2.75, 3.05) is 13.7 Å². The molecular formula is C26H26O4. The molecule has 0 aromatic heterocycles. The number of ether oxygens (including phenoxy) is 2. The molecule has 4 rings (SSSR count). The van der Waals surface area contributed by atoms with E-state index in [1.54, 1.807) is 0 Å². The Labute approximate surface area is 177 Å². The predicted octanol–water partition coefficient (Wildman–Crippen LogP) is 5.30. The maximum atomic E-state index is 11.1. The van der Waals surface area contributed by atoms with E-state index in [0.29, 0.717) is 18.9 Å². The monoisotopic (exact) mass is 402 g/mol. The molecule has 30 heavy (non-hydrogen) atoms. The lowest BCUT2D eigenvalue weighted by molar-refractivity contribution is -0.148. The van der Waals surface area contributed by atoms with E-state index in [1.165, 1.54) is 29.4 Å². The molecule has 1 aliphatic carbocycles. The number of benzene rings is 3.